The van der Waals surface area contributed by atoms with Crippen LogP contribution >= 0.6 is 0 Å². The van der Waals surface area contributed by atoms with E-state index in [1.807, 2.05) is 37.3 Å². The SMILES string of the molecule is CCC(C)(C)C(C)C(=O)ONc1ccccc1. The third kappa shape index (κ3) is 3.77. The molecule has 1 rings (SSSR count). The summed E-state index contributed by atoms with van der Waals surface area (Å²) in [5.41, 5.74) is 3.41. The average Bonchev–Trinajstić information content (AvgIpc) is 2.36. The van der Waals surface area contributed by atoms with E-state index in [1.54, 1.807) is 0 Å². The van der Waals surface area contributed by atoms with E-state index in [1.165, 1.54) is 0 Å². The number of para-hydroxylation sites is 1. The molecule has 0 spiro atoms. The molecule has 0 aliphatic heterocycles. The zero-order valence-electron chi connectivity index (χ0n) is 11.0. The molecule has 1 atom stereocenters. The number of rotatable bonds is 5. The third-order valence-corrected chi connectivity index (χ3v) is 3.48. The molecule has 1 unspecified atom stereocenters. The molecule has 94 valence electrons. The van der Waals surface area contributed by atoms with Crippen molar-refractivity contribution < 1.29 is 9.63 Å². The van der Waals surface area contributed by atoms with Crippen LogP contribution in [0.1, 0.15) is 34.1 Å². The van der Waals surface area contributed by atoms with E-state index in [9.17, 15) is 4.79 Å². The largest absolute Gasteiger partial charge is 0.343 e. The molecule has 0 saturated carbocycles. The molecule has 1 aromatic carbocycles. The van der Waals surface area contributed by atoms with Gasteiger partial charge < -0.3 is 4.84 Å². The lowest BCUT2D eigenvalue weighted by molar-refractivity contribution is -0.148. The average molecular weight is 235 g/mol. The van der Waals surface area contributed by atoms with E-state index in [0.717, 1.165) is 12.1 Å². The lowest BCUT2D eigenvalue weighted by atomic mass is 9.78. The molecule has 17 heavy (non-hydrogen) atoms. The topological polar surface area (TPSA) is 38.3 Å². The summed E-state index contributed by atoms with van der Waals surface area (Å²) in [6.07, 6.45) is 0.939. The van der Waals surface area contributed by atoms with Crippen LogP contribution in [-0.4, -0.2) is 5.97 Å². The Hall–Kier alpha value is -1.51. The number of nitrogens with one attached hydrogen (secondary N) is 1. The Labute approximate surface area is 103 Å². The normalized spacial score (nSPS) is 12.9. The first-order valence-electron chi connectivity index (χ1n) is 5.99. The number of carbonyl (C=O) groups excluding carboxylic acids is 1. The van der Waals surface area contributed by atoms with Crippen molar-refractivity contribution in [3.8, 4) is 0 Å². The van der Waals surface area contributed by atoms with E-state index in [4.69, 9.17) is 4.84 Å². The maximum atomic E-state index is 11.8. The molecule has 0 fully saturated rings. The minimum atomic E-state index is -0.222. The fourth-order valence-electron chi connectivity index (χ4n) is 1.33. The van der Waals surface area contributed by atoms with Gasteiger partial charge in [0, 0.05) is 0 Å². The summed E-state index contributed by atoms with van der Waals surface area (Å²) in [6.45, 7) is 8.12. The van der Waals surface area contributed by atoms with E-state index in [-0.39, 0.29) is 17.3 Å². The van der Waals surface area contributed by atoms with Crippen LogP contribution in [0.4, 0.5) is 5.69 Å². The summed E-state index contributed by atoms with van der Waals surface area (Å²) < 4.78 is 0. The first-order valence-corrected chi connectivity index (χ1v) is 5.99. The van der Waals surface area contributed by atoms with Crippen molar-refractivity contribution in [3.63, 3.8) is 0 Å². The fraction of sp³-hybridized carbons (Fsp3) is 0.500. The number of hydrogen-bond acceptors (Lipinski definition) is 3. The van der Waals surface area contributed by atoms with Crippen molar-refractivity contribution in [2.75, 3.05) is 5.48 Å². The summed E-state index contributed by atoms with van der Waals surface area (Å²) in [6, 6.07) is 9.38. The summed E-state index contributed by atoms with van der Waals surface area (Å²) in [5.74, 6) is -0.357. The molecule has 1 aromatic rings. The molecule has 0 aliphatic carbocycles. The molecule has 0 aliphatic rings. The first-order chi connectivity index (χ1) is 7.97. The summed E-state index contributed by atoms with van der Waals surface area (Å²) in [5, 5.41) is 0. The van der Waals surface area contributed by atoms with Crippen LogP contribution in [0.25, 0.3) is 0 Å². The van der Waals surface area contributed by atoms with Gasteiger partial charge in [0.2, 0.25) is 0 Å². The summed E-state index contributed by atoms with van der Waals surface area (Å²) >= 11 is 0. The number of anilines is 1. The van der Waals surface area contributed by atoms with Crippen molar-refractivity contribution in [2.45, 2.75) is 34.1 Å². The second-order valence-corrected chi connectivity index (χ2v) is 4.95. The van der Waals surface area contributed by atoms with Crippen molar-refractivity contribution >= 4 is 11.7 Å². The van der Waals surface area contributed by atoms with Gasteiger partial charge in [-0.05, 0) is 17.5 Å². The Morgan fingerprint density at radius 3 is 2.47 bits per heavy atom. The Balaban J connectivity index is 2.51. The van der Waals surface area contributed by atoms with E-state index in [2.05, 4.69) is 26.3 Å². The maximum Gasteiger partial charge on any atom is 0.335 e. The van der Waals surface area contributed by atoms with Crippen molar-refractivity contribution in [2.24, 2.45) is 11.3 Å². The minimum Gasteiger partial charge on any atom is -0.343 e. The quantitative estimate of drug-likeness (QED) is 0.792. The van der Waals surface area contributed by atoms with Crippen LogP contribution in [0.2, 0.25) is 0 Å². The second kappa shape index (κ2) is 5.71. The predicted octanol–water partition coefficient (Wildman–Crippen LogP) is 3.63. The number of benzene rings is 1. The molecule has 1 N–H and O–H groups in total. The van der Waals surface area contributed by atoms with Crippen molar-refractivity contribution in [1.82, 2.24) is 0 Å². The van der Waals surface area contributed by atoms with Crippen molar-refractivity contribution in [1.29, 1.82) is 0 Å². The highest BCUT2D eigenvalue weighted by molar-refractivity contribution is 5.73. The second-order valence-electron chi connectivity index (χ2n) is 4.95. The molecular formula is C14H21NO2. The smallest absolute Gasteiger partial charge is 0.335 e. The number of carbonyl (C=O) groups is 1. The molecule has 3 nitrogen and oxygen atoms in total. The molecule has 0 aromatic heterocycles. The Bertz CT molecular complexity index is 360. The Kier molecular flexibility index (Phi) is 4.55. The van der Waals surface area contributed by atoms with Crippen LogP contribution in [0.15, 0.2) is 30.3 Å². The van der Waals surface area contributed by atoms with Crippen LogP contribution in [0, 0.1) is 11.3 Å². The Morgan fingerprint density at radius 2 is 1.94 bits per heavy atom. The van der Waals surface area contributed by atoms with E-state index >= 15 is 0 Å². The highest BCUT2D eigenvalue weighted by atomic mass is 16.7. The van der Waals surface area contributed by atoms with Gasteiger partial charge in [0.1, 0.15) is 0 Å². The van der Waals surface area contributed by atoms with Crippen LogP contribution < -0.4 is 5.48 Å². The number of hydrogen-bond donors (Lipinski definition) is 1. The highest BCUT2D eigenvalue weighted by Crippen LogP contribution is 2.30. The molecule has 3 heteroatoms. The predicted molar refractivity (Wildman–Crippen MR) is 69.4 cm³/mol. The zero-order valence-corrected chi connectivity index (χ0v) is 11.0. The van der Waals surface area contributed by atoms with Gasteiger partial charge in [-0.2, -0.15) is 0 Å². The lowest BCUT2D eigenvalue weighted by Gasteiger charge is -2.28. The van der Waals surface area contributed by atoms with Crippen LogP contribution in [0.3, 0.4) is 0 Å². The van der Waals surface area contributed by atoms with E-state index < -0.39 is 0 Å². The van der Waals surface area contributed by atoms with E-state index in [0.29, 0.717) is 0 Å². The first kappa shape index (κ1) is 13.6. The standard InChI is InChI=1S/C14H21NO2/c1-5-14(3,4)11(2)13(16)17-15-12-9-7-6-8-10-12/h6-11,15H,5H2,1-4H3. The zero-order chi connectivity index (χ0) is 12.9. The van der Waals surface area contributed by atoms with Gasteiger partial charge in [-0.3, -0.25) is 0 Å². The molecule has 0 saturated heterocycles. The molecule has 0 radical (unpaired) electrons. The van der Waals surface area contributed by atoms with Gasteiger partial charge in [0.05, 0.1) is 11.6 Å². The monoisotopic (exact) mass is 235 g/mol. The maximum absolute atomic E-state index is 11.8. The highest BCUT2D eigenvalue weighted by Gasteiger charge is 2.31. The van der Waals surface area contributed by atoms with Gasteiger partial charge in [-0.15, -0.1) is 0 Å². The fourth-order valence-corrected chi connectivity index (χ4v) is 1.33. The van der Waals surface area contributed by atoms with Crippen molar-refractivity contribution in [3.05, 3.63) is 30.3 Å². The van der Waals surface area contributed by atoms with Crippen LogP contribution in [-0.2, 0) is 9.63 Å². The summed E-state index contributed by atoms with van der Waals surface area (Å²) in [4.78, 5) is 16.9. The lowest BCUT2D eigenvalue weighted by Crippen LogP contribution is -2.30. The molecule has 0 amide bonds. The van der Waals surface area contributed by atoms with Crippen LogP contribution in [0.5, 0.6) is 0 Å². The molecular weight excluding hydrogens is 214 g/mol. The molecule has 0 heterocycles. The van der Waals surface area contributed by atoms with Gasteiger partial charge in [0.25, 0.3) is 0 Å². The van der Waals surface area contributed by atoms with Gasteiger partial charge in [-0.25, -0.2) is 10.3 Å². The van der Waals surface area contributed by atoms with Gasteiger partial charge in [0.15, 0.2) is 0 Å². The summed E-state index contributed by atoms with van der Waals surface area (Å²) in [7, 11) is 0. The molecule has 0 bridgehead atoms. The van der Waals surface area contributed by atoms with Gasteiger partial charge >= 0.3 is 5.97 Å². The Morgan fingerprint density at radius 1 is 1.35 bits per heavy atom. The minimum absolute atomic E-state index is 0.0462. The third-order valence-electron chi connectivity index (χ3n) is 3.48. The van der Waals surface area contributed by atoms with Gasteiger partial charge in [-0.1, -0.05) is 52.3 Å².